The first kappa shape index (κ1) is 15.5. The topological polar surface area (TPSA) is 88.4 Å². The summed E-state index contributed by atoms with van der Waals surface area (Å²) >= 11 is 0. The predicted octanol–water partition coefficient (Wildman–Crippen LogP) is 1.77. The highest BCUT2D eigenvalue weighted by molar-refractivity contribution is 6.02. The normalized spacial score (nSPS) is 9.50. The quantitative estimate of drug-likeness (QED) is 0.654. The predicted molar refractivity (Wildman–Crippen MR) is 72.3 cm³/mol. The summed E-state index contributed by atoms with van der Waals surface area (Å²) in [4.78, 5) is 22.9. The Morgan fingerprint density at radius 2 is 2.10 bits per heavy atom. The standard InChI is InChI=1S/C14H16N2O4/c1-4-20-14(18)7-13(17)16-11-6-10(8-15)12(19-3)5-9(11)2/h5-6H,4,7H2,1-3H3,(H,16,17). The van der Waals surface area contributed by atoms with Gasteiger partial charge in [0, 0.05) is 5.69 Å². The maximum atomic E-state index is 11.7. The number of carbonyl (C=O) groups excluding carboxylic acids is 2. The van der Waals surface area contributed by atoms with Gasteiger partial charge in [-0.25, -0.2) is 0 Å². The number of benzene rings is 1. The molecule has 0 fully saturated rings. The number of hydrogen-bond acceptors (Lipinski definition) is 5. The van der Waals surface area contributed by atoms with Gasteiger partial charge in [0.05, 0.1) is 19.3 Å². The van der Waals surface area contributed by atoms with E-state index in [2.05, 4.69) is 10.1 Å². The second-order valence-corrected chi connectivity index (χ2v) is 4.01. The largest absolute Gasteiger partial charge is 0.495 e. The summed E-state index contributed by atoms with van der Waals surface area (Å²) in [6.07, 6.45) is -0.360. The highest BCUT2D eigenvalue weighted by Gasteiger charge is 2.13. The summed E-state index contributed by atoms with van der Waals surface area (Å²) < 4.78 is 9.75. The Labute approximate surface area is 117 Å². The van der Waals surface area contributed by atoms with Crippen LogP contribution in [-0.4, -0.2) is 25.6 Å². The van der Waals surface area contributed by atoms with Crippen LogP contribution in [0, 0.1) is 18.3 Å². The first-order chi connectivity index (χ1) is 9.51. The Morgan fingerprint density at radius 3 is 2.65 bits per heavy atom. The zero-order valence-corrected chi connectivity index (χ0v) is 11.6. The van der Waals surface area contributed by atoms with Gasteiger partial charge in [0.1, 0.15) is 18.2 Å². The van der Waals surface area contributed by atoms with E-state index in [1.54, 1.807) is 19.9 Å². The maximum absolute atomic E-state index is 11.7. The van der Waals surface area contributed by atoms with Gasteiger partial charge in [-0.05, 0) is 31.5 Å². The van der Waals surface area contributed by atoms with E-state index in [0.29, 0.717) is 17.0 Å². The summed E-state index contributed by atoms with van der Waals surface area (Å²) in [6, 6.07) is 5.14. The minimum Gasteiger partial charge on any atom is -0.495 e. The van der Waals surface area contributed by atoms with Gasteiger partial charge >= 0.3 is 5.97 Å². The van der Waals surface area contributed by atoms with E-state index in [-0.39, 0.29) is 13.0 Å². The minimum atomic E-state index is -0.586. The SMILES string of the molecule is CCOC(=O)CC(=O)Nc1cc(C#N)c(OC)cc1C. The molecule has 1 N–H and O–H groups in total. The Kier molecular flexibility index (Phi) is 5.54. The summed E-state index contributed by atoms with van der Waals surface area (Å²) in [5.41, 5.74) is 1.51. The van der Waals surface area contributed by atoms with Crippen molar-refractivity contribution < 1.29 is 19.1 Å². The molecule has 0 bridgehead atoms. The van der Waals surface area contributed by atoms with Crippen LogP contribution in [0.5, 0.6) is 5.75 Å². The van der Waals surface area contributed by atoms with Crippen molar-refractivity contribution in [2.75, 3.05) is 19.0 Å². The van der Waals surface area contributed by atoms with Crippen LogP contribution in [-0.2, 0) is 14.3 Å². The number of methoxy groups -OCH3 is 1. The number of carbonyl (C=O) groups is 2. The summed E-state index contributed by atoms with van der Waals surface area (Å²) in [5, 5.41) is 11.6. The number of rotatable bonds is 5. The fourth-order valence-corrected chi connectivity index (χ4v) is 1.61. The Balaban J connectivity index is 2.85. The minimum absolute atomic E-state index is 0.228. The van der Waals surface area contributed by atoms with Crippen LogP contribution >= 0.6 is 0 Å². The number of esters is 1. The van der Waals surface area contributed by atoms with Crippen molar-refractivity contribution in [3.63, 3.8) is 0 Å². The molecule has 6 heteroatoms. The Bertz CT molecular complexity index is 561. The number of aryl methyl sites for hydroxylation is 1. The lowest BCUT2D eigenvalue weighted by Gasteiger charge is -2.11. The van der Waals surface area contributed by atoms with Crippen molar-refractivity contribution in [1.29, 1.82) is 5.26 Å². The van der Waals surface area contributed by atoms with Crippen molar-refractivity contribution in [2.24, 2.45) is 0 Å². The van der Waals surface area contributed by atoms with E-state index >= 15 is 0 Å². The van der Waals surface area contributed by atoms with Crippen LogP contribution in [0.25, 0.3) is 0 Å². The van der Waals surface area contributed by atoms with Crippen molar-refractivity contribution in [3.8, 4) is 11.8 Å². The van der Waals surface area contributed by atoms with Crippen LogP contribution in [0.15, 0.2) is 12.1 Å². The van der Waals surface area contributed by atoms with Gasteiger partial charge in [0.2, 0.25) is 5.91 Å². The maximum Gasteiger partial charge on any atom is 0.315 e. The van der Waals surface area contributed by atoms with Crippen LogP contribution in [0.4, 0.5) is 5.69 Å². The molecule has 1 rings (SSSR count). The first-order valence-corrected chi connectivity index (χ1v) is 6.06. The Morgan fingerprint density at radius 1 is 1.40 bits per heavy atom. The van der Waals surface area contributed by atoms with Gasteiger partial charge in [-0.3, -0.25) is 9.59 Å². The first-order valence-electron chi connectivity index (χ1n) is 6.06. The van der Waals surface area contributed by atoms with E-state index in [9.17, 15) is 9.59 Å². The molecule has 0 spiro atoms. The van der Waals surface area contributed by atoms with E-state index in [1.807, 2.05) is 6.07 Å². The molecule has 20 heavy (non-hydrogen) atoms. The van der Waals surface area contributed by atoms with Crippen molar-refractivity contribution in [1.82, 2.24) is 0 Å². The molecule has 0 saturated carbocycles. The van der Waals surface area contributed by atoms with Gasteiger partial charge in [-0.15, -0.1) is 0 Å². The van der Waals surface area contributed by atoms with Gasteiger partial charge in [0.15, 0.2) is 0 Å². The van der Waals surface area contributed by atoms with Crippen molar-refractivity contribution >= 4 is 17.6 Å². The third-order valence-electron chi connectivity index (χ3n) is 2.55. The molecule has 6 nitrogen and oxygen atoms in total. The molecule has 1 amide bonds. The van der Waals surface area contributed by atoms with Crippen molar-refractivity contribution in [3.05, 3.63) is 23.3 Å². The van der Waals surface area contributed by atoms with Crippen LogP contribution in [0.1, 0.15) is 24.5 Å². The summed E-state index contributed by atoms with van der Waals surface area (Å²) in [6.45, 7) is 3.67. The number of nitriles is 1. The lowest BCUT2D eigenvalue weighted by molar-refractivity contribution is -0.145. The molecule has 0 aliphatic carbocycles. The number of nitrogens with one attached hydrogen (secondary N) is 1. The third-order valence-corrected chi connectivity index (χ3v) is 2.55. The molecule has 0 heterocycles. The van der Waals surface area contributed by atoms with Gasteiger partial charge in [-0.1, -0.05) is 0 Å². The number of amides is 1. The molecule has 1 aromatic rings. The third kappa shape index (κ3) is 3.99. The Hall–Kier alpha value is -2.55. The number of anilines is 1. The summed E-state index contributed by atoms with van der Waals surface area (Å²) in [5.74, 6) is -0.634. The second kappa shape index (κ2) is 7.14. The molecule has 0 unspecified atom stereocenters. The van der Waals surface area contributed by atoms with Crippen LogP contribution in [0.3, 0.4) is 0 Å². The summed E-state index contributed by atoms with van der Waals surface area (Å²) in [7, 11) is 1.47. The molecule has 0 aromatic heterocycles. The van der Waals surface area contributed by atoms with Crippen LogP contribution in [0.2, 0.25) is 0 Å². The fraction of sp³-hybridized carbons (Fsp3) is 0.357. The molecule has 0 radical (unpaired) electrons. The van der Waals surface area contributed by atoms with Gasteiger partial charge < -0.3 is 14.8 Å². The number of nitrogens with zero attached hydrogens (tertiary/aromatic N) is 1. The molecule has 0 atom stereocenters. The smallest absolute Gasteiger partial charge is 0.315 e. The molecule has 106 valence electrons. The van der Waals surface area contributed by atoms with E-state index in [4.69, 9.17) is 10.00 Å². The molecule has 0 aliphatic heterocycles. The second-order valence-electron chi connectivity index (χ2n) is 4.01. The monoisotopic (exact) mass is 276 g/mol. The van der Waals surface area contributed by atoms with E-state index in [1.165, 1.54) is 13.2 Å². The molecular weight excluding hydrogens is 260 g/mol. The zero-order valence-electron chi connectivity index (χ0n) is 11.6. The number of ether oxygens (including phenoxy) is 2. The lowest BCUT2D eigenvalue weighted by Crippen LogP contribution is -2.18. The fourth-order valence-electron chi connectivity index (χ4n) is 1.61. The zero-order chi connectivity index (χ0) is 15.1. The molecule has 0 aliphatic rings. The lowest BCUT2D eigenvalue weighted by atomic mass is 10.1. The highest BCUT2D eigenvalue weighted by atomic mass is 16.5. The van der Waals surface area contributed by atoms with Gasteiger partial charge in [0.25, 0.3) is 0 Å². The van der Waals surface area contributed by atoms with Crippen LogP contribution < -0.4 is 10.1 Å². The van der Waals surface area contributed by atoms with E-state index in [0.717, 1.165) is 5.56 Å². The van der Waals surface area contributed by atoms with Gasteiger partial charge in [-0.2, -0.15) is 5.26 Å². The average Bonchev–Trinajstić information content (AvgIpc) is 2.40. The van der Waals surface area contributed by atoms with E-state index < -0.39 is 11.9 Å². The van der Waals surface area contributed by atoms with Crippen molar-refractivity contribution in [2.45, 2.75) is 20.3 Å². The molecule has 1 aromatic carbocycles. The molecular formula is C14H16N2O4. The average molecular weight is 276 g/mol. The molecule has 0 saturated heterocycles. The highest BCUT2D eigenvalue weighted by Crippen LogP contribution is 2.26. The number of hydrogen-bond donors (Lipinski definition) is 1.